The molecule has 0 heteroatoms. The van der Waals surface area contributed by atoms with Crippen LogP contribution in [0.4, 0.5) is 0 Å². The minimum absolute atomic E-state index is 0.879. The van der Waals surface area contributed by atoms with Gasteiger partial charge in [-0.2, -0.15) is 0 Å². The highest BCUT2D eigenvalue weighted by atomic mass is 14.2. The van der Waals surface area contributed by atoms with E-state index in [1.54, 1.807) is 0 Å². The van der Waals surface area contributed by atoms with Crippen LogP contribution in [0.2, 0.25) is 0 Å². The first kappa shape index (κ1) is 7.80. The average Bonchev–Trinajstić information content (AvgIpc) is 2.28. The quantitative estimate of drug-likeness (QED) is 0.558. The summed E-state index contributed by atoms with van der Waals surface area (Å²) in [5.74, 6) is 0. The maximum Gasteiger partial charge on any atom is -0.00198 e. The fraction of sp³-hybridized carbons (Fsp3) is 0.0909. The molecule has 0 aromatic rings. The van der Waals surface area contributed by atoms with Crippen molar-refractivity contribution < 1.29 is 0 Å². The minimum Gasteiger partial charge on any atom is -0.0988 e. The molecule has 1 rings (SSSR count). The van der Waals surface area contributed by atoms with Crippen LogP contribution in [0, 0.1) is 0 Å². The van der Waals surface area contributed by atoms with E-state index < -0.39 is 0 Å². The number of hydrogen-bond acceptors (Lipinski definition) is 0. The fourth-order valence-corrected chi connectivity index (χ4v) is 1.25. The van der Waals surface area contributed by atoms with Crippen LogP contribution in [0.25, 0.3) is 0 Å². The Morgan fingerprint density at radius 2 is 1.73 bits per heavy atom. The number of rotatable bonds is 2. The van der Waals surface area contributed by atoms with Gasteiger partial charge in [-0.1, -0.05) is 38.5 Å². The highest BCUT2D eigenvalue weighted by molar-refractivity contribution is 5.60. The molecule has 1 aliphatic carbocycles. The lowest BCUT2D eigenvalue weighted by Crippen LogP contribution is -1.77. The summed E-state index contributed by atoms with van der Waals surface area (Å²) < 4.78 is 0. The predicted molar refractivity (Wildman–Crippen MR) is 50.3 cm³/mol. The molecule has 0 amide bonds. The van der Waals surface area contributed by atoms with Gasteiger partial charge in [0.15, 0.2) is 0 Å². The highest BCUT2D eigenvalue weighted by Crippen LogP contribution is 2.34. The Kier molecular flexibility index (Phi) is 1.95. The van der Waals surface area contributed by atoms with E-state index in [0.29, 0.717) is 0 Å². The molecule has 0 spiro atoms. The molecule has 56 valence electrons. The molecule has 1 aliphatic rings. The summed E-state index contributed by atoms with van der Waals surface area (Å²) in [6.07, 6.45) is 4.54. The smallest absolute Gasteiger partial charge is 0.00198 e. The van der Waals surface area contributed by atoms with Gasteiger partial charge in [-0.25, -0.2) is 0 Å². The number of allylic oxidation sites excluding steroid dienone is 6. The third-order valence-corrected chi connectivity index (χ3v) is 1.95. The lowest BCUT2D eigenvalue weighted by Gasteiger charge is -1.96. The molecule has 0 bridgehead atoms. The Hall–Kier alpha value is -1.30. The number of hydrogen-bond donors (Lipinski definition) is 0. The third-order valence-electron chi connectivity index (χ3n) is 1.95. The molecule has 11 heavy (non-hydrogen) atoms. The zero-order chi connectivity index (χ0) is 8.43. The summed E-state index contributed by atoms with van der Waals surface area (Å²) in [7, 11) is 0. The molecule has 0 unspecified atom stereocenters. The predicted octanol–water partition coefficient (Wildman–Crippen LogP) is 3.17. The van der Waals surface area contributed by atoms with Crippen LogP contribution >= 0.6 is 0 Å². The van der Waals surface area contributed by atoms with Crippen LogP contribution in [0.1, 0.15) is 6.42 Å². The first-order valence-electron chi connectivity index (χ1n) is 3.56. The lowest BCUT2D eigenvalue weighted by molar-refractivity contribution is 1.27. The maximum absolute atomic E-state index is 3.91. The van der Waals surface area contributed by atoms with Gasteiger partial charge in [0.1, 0.15) is 0 Å². The standard InChI is InChI=1S/C11H12/c1-5-10-7-8(3)9(4)11(10)6-2/h5-6H,1-4,7H2. The summed E-state index contributed by atoms with van der Waals surface area (Å²) in [6, 6.07) is 0. The van der Waals surface area contributed by atoms with Gasteiger partial charge in [0.25, 0.3) is 0 Å². The van der Waals surface area contributed by atoms with Gasteiger partial charge >= 0.3 is 0 Å². The molecule has 0 N–H and O–H groups in total. The van der Waals surface area contributed by atoms with Gasteiger partial charge in [0, 0.05) is 0 Å². The molecule has 0 saturated heterocycles. The van der Waals surface area contributed by atoms with Gasteiger partial charge in [0.2, 0.25) is 0 Å². The van der Waals surface area contributed by atoms with Crippen LogP contribution < -0.4 is 0 Å². The molecule has 0 atom stereocenters. The van der Waals surface area contributed by atoms with Crippen LogP contribution in [0.3, 0.4) is 0 Å². The van der Waals surface area contributed by atoms with Crippen LogP contribution in [-0.4, -0.2) is 0 Å². The van der Waals surface area contributed by atoms with Gasteiger partial charge in [-0.15, -0.1) is 0 Å². The molecule has 0 aromatic heterocycles. The second-order valence-corrected chi connectivity index (χ2v) is 2.61. The van der Waals surface area contributed by atoms with E-state index in [9.17, 15) is 0 Å². The van der Waals surface area contributed by atoms with Crippen LogP contribution in [-0.2, 0) is 0 Å². The second kappa shape index (κ2) is 2.75. The maximum atomic E-state index is 3.91. The molecular formula is C11H12. The van der Waals surface area contributed by atoms with Crippen molar-refractivity contribution in [2.24, 2.45) is 0 Å². The van der Waals surface area contributed by atoms with Crippen molar-refractivity contribution in [2.75, 3.05) is 0 Å². The molecule has 0 aliphatic heterocycles. The molecule has 0 nitrogen and oxygen atoms in total. The van der Waals surface area contributed by atoms with Gasteiger partial charge in [0.05, 0.1) is 0 Å². The van der Waals surface area contributed by atoms with E-state index in [2.05, 4.69) is 26.3 Å². The van der Waals surface area contributed by atoms with Crippen molar-refractivity contribution >= 4 is 0 Å². The zero-order valence-corrected chi connectivity index (χ0v) is 6.69. The fourth-order valence-electron chi connectivity index (χ4n) is 1.25. The van der Waals surface area contributed by atoms with Gasteiger partial charge < -0.3 is 0 Å². The van der Waals surface area contributed by atoms with E-state index in [0.717, 1.165) is 23.1 Å². The average molecular weight is 144 g/mol. The molecule has 0 aromatic carbocycles. The molecule has 0 fully saturated rings. The second-order valence-electron chi connectivity index (χ2n) is 2.61. The van der Waals surface area contributed by atoms with Crippen LogP contribution in [0.5, 0.6) is 0 Å². The van der Waals surface area contributed by atoms with Crippen molar-refractivity contribution in [2.45, 2.75) is 6.42 Å². The first-order chi connectivity index (χ1) is 5.20. The summed E-state index contributed by atoms with van der Waals surface area (Å²) in [4.78, 5) is 0. The normalized spacial score (nSPS) is 17.5. The van der Waals surface area contributed by atoms with E-state index in [4.69, 9.17) is 0 Å². The molecule has 0 radical (unpaired) electrons. The SMILES string of the molecule is C=CC1=C(C=C)C(=C)C(=C)C1. The topological polar surface area (TPSA) is 0 Å². The molecule has 0 heterocycles. The van der Waals surface area contributed by atoms with Crippen molar-refractivity contribution in [1.82, 2.24) is 0 Å². The van der Waals surface area contributed by atoms with Crippen LogP contribution in [0.15, 0.2) is 60.8 Å². The Morgan fingerprint density at radius 3 is 2.09 bits per heavy atom. The Morgan fingerprint density at radius 1 is 1.09 bits per heavy atom. The van der Waals surface area contributed by atoms with E-state index in [-0.39, 0.29) is 0 Å². The largest absolute Gasteiger partial charge is 0.0988 e. The van der Waals surface area contributed by atoms with E-state index in [1.165, 1.54) is 5.57 Å². The first-order valence-corrected chi connectivity index (χ1v) is 3.56. The Labute approximate surface area is 67.9 Å². The molecular weight excluding hydrogens is 132 g/mol. The summed E-state index contributed by atoms with van der Waals surface area (Å²) in [5.41, 5.74) is 4.38. The van der Waals surface area contributed by atoms with E-state index in [1.807, 2.05) is 12.2 Å². The van der Waals surface area contributed by atoms with Gasteiger partial charge in [-0.3, -0.25) is 0 Å². The zero-order valence-electron chi connectivity index (χ0n) is 6.69. The summed E-state index contributed by atoms with van der Waals surface area (Å²) in [6.45, 7) is 15.2. The van der Waals surface area contributed by atoms with Crippen molar-refractivity contribution in [1.29, 1.82) is 0 Å². The molecule has 0 saturated carbocycles. The monoisotopic (exact) mass is 144 g/mol. The third kappa shape index (κ3) is 1.12. The summed E-state index contributed by atoms with van der Waals surface area (Å²) >= 11 is 0. The lowest BCUT2D eigenvalue weighted by atomic mass is 10.1. The highest BCUT2D eigenvalue weighted by Gasteiger charge is 2.16. The van der Waals surface area contributed by atoms with Crippen molar-refractivity contribution in [3.05, 3.63) is 60.8 Å². The minimum atomic E-state index is 0.879. The summed E-state index contributed by atoms with van der Waals surface area (Å²) in [5, 5.41) is 0. The van der Waals surface area contributed by atoms with E-state index >= 15 is 0 Å². The Balaban J connectivity index is 3.14. The Bertz CT molecular complexity index is 274. The van der Waals surface area contributed by atoms with Crippen molar-refractivity contribution in [3.63, 3.8) is 0 Å². The van der Waals surface area contributed by atoms with Gasteiger partial charge in [-0.05, 0) is 28.7 Å². The van der Waals surface area contributed by atoms with Crippen molar-refractivity contribution in [3.8, 4) is 0 Å².